The molecule has 4 nitrogen and oxygen atoms in total. The van der Waals surface area contributed by atoms with Crippen LogP contribution in [-0.2, 0) is 14.2 Å². The van der Waals surface area contributed by atoms with Crippen LogP contribution < -0.4 is 0 Å². The fourth-order valence-electron chi connectivity index (χ4n) is 1.31. The van der Waals surface area contributed by atoms with Crippen LogP contribution in [0.25, 0.3) is 0 Å². The normalized spacial score (nSPS) is 24.3. The summed E-state index contributed by atoms with van der Waals surface area (Å²) in [4.78, 5) is 11.5. The van der Waals surface area contributed by atoms with Crippen LogP contribution in [0.5, 0.6) is 0 Å². The first-order valence-corrected chi connectivity index (χ1v) is 6.13. The molecule has 0 N–H and O–H groups in total. The average molecular weight is 334 g/mol. The van der Waals surface area contributed by atoms with E-state index in [1.54, 1.807) is 24.3 Å². The second kappa shape index (κ2) is 5.60. The summed E-state index contributed by atoms with van der Waals surface area (Å²) < 4.78 is 15.7. The lowest BCUT2D eigenvalue weighted by Gasteiger charge is -2.09. The largest absolute Gasteiger partial charge is 0.457 e. The van der Waals surface area contributed by atoms with Gasteiger partial charge in [0, 0.05) is 0 Å². The average Bonchev–Trinajstić information content (AvgIpc) is 2.73. The van der Waals surface area contributed by atoms with E-state index in [4.69, 9.17) is 14.2 Å². The SMILES string of the molecule is O=C(OC[C@H]1OCC(I)O1)c1ccccc1. The molecular weight excluding hydrogens is 323 g/mol. The van der Waals surface area contributed by atoms with Gasteiger partial charge in [0.2, 0.25) is 0 Å². The summed E-state index contributed by atoms with van der Waals surface area (Å²) in [5.41, 5.74) is 0.534. The standard InChI is InChI=1S/C11H11IO4/c12-9-6-14-10(16-9)7-15-11(13)8-4-2-1-3-5-8/h1-5,9-10H,6-7H2/t9?,10-/m0/s1. The van der Waals surface area contributed by atoms with Crippen LogP contribution in [0.4, 0.5) is 0 Å². The molecule has 0 radical (unpaired) electrons. The molecule has 1 aromatic rings. The first kappa shape index (κ1) is 11.8. The number of hydrogen-bond donors (Lipinski definition) is 0. The summed E-state index contributed by atoms with van der Waals surface area (Å²) in [6.45, 7) is 0.668. The molecule has 1 saturated heterocycles. The molecule has 1 aromatic carbocycles. The van der Waals surface area contributed by atoms with Crippen molar-refractivity contribution in [3.63, 3.8) is 0 Å². The molecule has 5 heteroatoms. The number of rotatable bonds is 3. The lowest BCUT2D eigenvalue weighted by Crippen LogP contribution is -2.19. The van der Waals surface area contributed by atoms with Crippen molar-refractivity contribution in [1.82, 2.24) is 0 Å². The van der Waals surface area contributed by atoms with Gasteiger partial charge in [-0.3, -0.25) is 0 Å². The molecule has 0 bridgehead atoms. The summed E-state index contributed by atoms with van der Waals surface area (Å²) in [6.07, 6.45) is -0.436. The Morgan fingerprint density at radius 2 is 2.19 bits per heavy atom. The minimum absolute atomic E-state index is 0.0398. The van der Waals surface area contributed by atoms with Gasteiger partial charge in [0.1, 0.15) is 10.7 Å². The maximum absolute atomic E-state index is 11.5. The molecule has 86 valence electrons. The zero-order chi connectivity index (χ0) is 11.4. The molecule has 1 aliphatic heterocycles. The van der Waals surface area contributed by atoms with Gasteiger partial charge in [0.15, 0.2) is 6.29 Å². The summed E-state index contributed by atoms with van der Waals surface area (Å²) >= 11 is 2.13. The Labute approximate surface area is 107 Å². The zero-order valence-corrected chi connectivity index (χ0v) is 10.6. The van der Waals surface area contributed by atoms with E-state index in [9.17, 15) is 4.79 Å². The lowest BCUT2D eigenvalue weighted by atomic mass is 10.2. The lowest BCUT2D eigenvalue weighted by molar-refractivity contribution is -0.0826. The number of carbonyl (C=O) groups excluding carboxylic acids is 1. The van der Waals surface area contributed by atoms with E-state index in [0.717, 1.165) is 0 Å². The molecule has 16 heavy (non-hydrogen) atoms. The van der Waals surface area contributed by atoms with Gasteiger partial charge in [-0.15, -0.1) is 0 Å². The molecule has 0 aromatic heterocycles. The van der Waals surface area contributed by atoms with Crippen molar-refractivity contribution < 1.29 is 19.0 Å². The molecule has 1 fully saturated rings. The second-order valence-corrected chi connectivity index (χ2v) is 4.66. The van der Waals surface area contributed by atoms with Crippen molar-refractivity contribution in [2.24, 2.45) is 0 Å². The molecule has 2 atom stereocenters. The van der Waals surface area contributed by atoms with Gasteiger partial charge in [-0.2, -0.15) is 0 Å². The molecular formula is C11H11IO4. The quantitative estimate of drug-likeness (QED) is 0.482. The van der Waals surface area contributed by atoms with E-state index < -0.39 is 6.29 Å². The summed E-state index contributed by atoms with van der Waals surface area (Å²) in [7, 11) is 0. The molecule has 1 unspecified atom stereocenters. The van der Waals surface area contributed by atoms with Crippen molar-refractivity contribution in [2.75, 3.05) is 13.2 Å². The number of esters is 1. The van der Waals surface area contributed by atoms with Gasteiger partial charge in [0.25, 0.3) is 0 Å². The van der Waals surface area contributed by atoms with Crippen LogP contribution in [0.3, 0.4) is 0 Å². The number of alkyl halides is 1. The van der Waals surface area contributed by atoms with Crippen LogP contribution in [0.2, 0.25) is 0 Å². The summed E-state index contributed by atoms with van der Waals surface area (Å²) in [5, 5.41) is 0. The number of hydrogen-bond acceptors (Lipinski definition) is 4. The highest BCUT2D eigenvalue weighted by molar-refractivity contribution is 14.1. The third kappa shape index (κ3) is 3.16. The molecule has 1 aliphatic rings. The first-order chi connectivity index (χ1) is 7.75. The van der Waals surface area contributed by atoms with E-state index in [-0.39, 0.29) is 16.7 Å². The monoisotopic (exact) mass is 334 g/mol. The van der Waals surface area contributed by atoms with E-state index in [2.05, 4.69) is 22.6 Å². The van der Waals surface area contributed by atoms with E-state index in [0.29, 0.717) is 12.2 Å². The van der Waals surface area contributed by atoms with Gasteiger partial charge in [0.05, 0.1) is 12.2 Å². The van der Waals surface area contributed by atoms with Crippen molar-refractivity contribution in [3.05, 3.63) is 35.9 Å². The predicted molar refractivity (Wildman–Crippen MR) is 65.4 cm³/mol. The van der Waals surface area contributed by atoms with Gasteiger partial charge < -0.3 is 14.2 Å². The fraction of sp³-hybridized carbons (Fsp3) is 0.364. The van der Waals surface area contributed by atoms with E-state index in [1.807, 2.05) is 6.07 Å². The first-order valence-electron chi connectivity index (χ1n) is 4.89. The Balaban J connectivity index is 1.80. The fourth-order valence-corrected chi connectivity index (χ4v) is 1.85. The van der Waals surface area contributed by atoms with Gasteiger partial charge >= 0.3 is 5.97 Å². The third-order valence-electron chi connectivity index (χ3n) is 2.07. The molecule has 0 saturated carbocycles. The van der Waals surface area contributed by atoms with Crippen molar-refractivity contribution in [2.45, 2.75) is 10.4 Å². The van der Waals surface area contributed by atoms with Gasteiger partial charge in [-0.1, -0.05) is 18.2 Å². The highest BCUT2D eigenvalue weighted by atomic mass is 127. The topological polar surface area (TPSA) is 44.8 Å². The third-order valence-corrected chi connectivity index (χ3v) is 2.73. The van der Waals surface area contributed by atoms with Crippen LogP contribution in [-0.4, -0.2) is 29.6 Å². The highest BCUT2D eigenvalue weighted by Crippen LogP contribution is 2.17. The predicted octanol–water partition coefficient (Wildman–Crippen LogP) is 1.98. The number of ether oxygens (including phenoxy) is 3. The van der Waals surface area contributed by atoms with E-state index >= 15 is 0 Å². The second-order valence-electron chi connectivity index (χ2n) is 3.27. The van der Waals surface area contributed by atoms with Gasteiger partial charge in [-0.05, 0) is 34.7 Å². The Bertz CT molecular complexity index is 354. The zero-order valence-electron chi connectivity index (χ0n) is 8.47. The number of benzene rings is 1. The van der Waals surface area contributed by atoms with Crippen molar-refractivity contribution >= 4 is 28.6 Å². The van der Waals surface area contributed by atoms with Crippen LogP contribution in [0.1, 0.15) is 10.4 Å². The smallest absolute Gasteiger partial charge is 0.338 e. The highest BCUT2D eigenvalue weighted by Gasteiger charge is 2.24. The van der Waals surface area contributed by atoms with E-state index in [1.165, 1.54) is 0 Å². The summed E-state index contributed by atoms with van der Waals surface area (Å²) in [6, 6.07) is 8.85. The minimum atomic E-state index is -0.436. The van der Waals surface area contributed by atoms with Crippen molar-refractivity contribution in [1.29, 1.82) is 0 Å². The van der Waals surface area contributed by atoms with Crippen LogP contribution in [0.15, 0.2) is 30.3 Å². The van der Waals surface area contributed by atoms with Crippen LogP contribution >= 0.6 is 22.6 Å². The molecule has 0 aliphatic carbocycles. The minimum Gasteiger partial charge on any atom is -0.457 e. The molecule has 0 amide bonds. The Morgan fingerprint density at radius 3 is 2.81 bits per heavy atom. The van der Waals surface area contributed by atoms with Crippen LogP contribution in [0, 0.1) is 0 Å². The number of carbonyl (C=O) groups is 1. The maximum atomic E-state index is 11.5. The molecule has 1 heterocycles. The Morgan fingerprint density at radius 1 is 1.44 bits per heavy atom. The number of halogens is 1. The van der Waals surface area contributed by atoms with Gasteiger partial charge in [-0.25, -0.2) is 4.79 Å². The molecule has 0 spiro atoms. The Kier molecular flexibility index (Phi) is 4.14. The Hall–Kier alpha value is -0.660. The maximum Gasteiger partial charge on any atom is 0.338 e. The molecule has 2 rings (SSSR count). The van der Waals surface area contributed by atoms with Crippen molar-refractivity contribution in [3.8, 4) is 0 Å². The summed E-state index contributed by atoms with van der Waals surface area (Å²) in [5.74, 6) is -0.357.